The molecular weight excluding hydrogens is 344 g/mol. The number of carbonyl (C=O) groups excluding carboxylic acids is 1. The standard InChI is InChI=1S/C17H17BrN2O2/c1-22-15-7-4-10-17-11-5-2-3-6-12(11)20(18)14(17)9-8-13(21)16(17)19-15/h4-7,9-10,16,19H,2-3,8H2,1H3. The predicted molar refractivity (Wildman–Crippen MR) is 87.5 cm³/mol. The third-order valence-corrected chi connectivity index (χ3v) is 5.57. The van der Waals surface area contributed by atoms with Gasteiger partial charge in [-0.3, -0.25) is 8.72 Å². The summed E-state index contributed by atoms with van der Waals surface area (Å²) < 4.78 is 7.40. The number of halogens is 1. The number of ketones is 1. The second-order valence-electron chi connectivity index (χ2n) is 5.87. The molecule has 0 aromatic rings. The van der Waals surface area contributed by atoms with E-state index in [-0.39, 0.29) is 11.8 Å². The highest BCUT2D eigenvalue weighted by Gasteiger charge is 2.57. The normalized spacial score (nSPS) is 32.5. The fourth-order valence-electron chi connectivity index (χ4n) is 3.85. The number of nitrogens with zero attached hydrogens (tertiary/aromatic N) is 1. The van der Waals surface area contributed by atoms with Gasteiger partial charge in [0.2, 0.25) is 0 Å². The average Bonchev–Trinajstić information content (AvgIpc) is 2.69. The van der Waals surface area contributed by atoms with Crippen molar-refractivity contribution >= 4 is 21.9 Å². The Hall–Kier alpha value is -1.75. The molecule has 2 atom stereocenters. The largest absolute Gasteiger partial charge is 0.483 e. The molecule has 114 valence electrons. The molecule has 2 unspecified atom stereocenters. The molecule has 5 heteroatoms. The van der Waals surface area contributed by atoms with E-state index >= 15 is 0 Å². The third kappa shape index (κ3) is 1.66. The van der Waals surface area contributed by atoms with E-state index in [0.717, 1.165) is 24.2 Å². The van der Waals surface area contributed by atoms with Crippen molar-refractivity contribution in [3.8, 4) is 0 Å². The van der Waals surface area contributed by atoms with E-state index in [1.54, 1.807) is 7.11 Å². The first-order valence-electron chi connectivity index (χ1n) is 7.49. The molecule has 1 saturated heterocycles. The van der Waals surface area contributed by atoms with Crippen LogP contribution in [0.5, 0.6) is 0 Å². The molecule has 2 aliphatic heterocycles. The van der Waals surface area contributed by atoms with Crippen LogP contribution in [0.1, 0.15) is 19.3 Å². The number of carbonyl (C=O) groups is 1. The number of Topliss-reactive ketones (excluding diaryl/α,β-unsaturated/α-hetero) is 1. The van der Waals surface area contributed by atoms with Gasteiger partial charge in [0.15, 0.2) is 11.7 Å². The van der Waals surface area contributed by atoms with E-state index in [1.165, 1.54) is 5.57 Å². The Kier molecular flexibility index (Phi) is 3.08. The van der Waals surface area contributed by atoms with Crippen molar-refractivity contribution in [1.82, 2.24) is 9.24 Å². The van der Waals surface area contributed by atoms with Crippen LogP contribution in [-0.2, 0) is 9.53 Å². The fourth-order valence-corrected chi connectivity index (χ4v) is 4.62. The number of rotatable bonds is 1. The number of hydrogen-bond donors (Lipinski definition) is 1. The third-order valence-electron chi connectivity index (χ3n) is 4.81. The molecule has 0 aromatic carbocycles. The molecule has 0 bridgehead atoms. The number of methoxy groups -OCH3 is 1. The summed E-state index contributed by atoms with van der Waals surface area (Å²) in [6.07, 6.45) is 15.0. The van der Waals surface area contributed by atoms with Crippen molar-refractivity contribution < 1.29 is 9.53 Å². The van der Waals surface area contributed by atoms with Crippen LogP contribution in [0.4, 0.5) is 0 Å². The van der Waals surface area contributed by atoms with Crippen LogP contribution in [0.3, 0.4) is 0 Å². The minimum atomic E-state index is -0.456. The van der Waals surface area contributed by atoms with Crippen molar-refractivity contribution in [3.05, 3.63) is 59.3 Å². The van der Waals surface area contributed by atoms with Crippen molar-refractivity contribution in [3.63, 3.8) is 0 Å². The molecule has 1 spiro atoms. The molecule has 22 heavy (non-hydrogen) atoms. The SMILES string of the molecule is COC1=CC=CC23C4=CCCC=C4N(Br)C2=CCC(=O)C3N1. The van der Waals surface area contributed by atoms with Crippen molar-refractivity contribution in [1.29, 1.82) is 0 Å². The van der Waals surface area contributed by atoms with Crippen LogP contribution in [-0.4, -0.2) is 22.9 Å². The lowest BCUT2D eigenvalue weighted by atomic mass is 9.67. The van der Waals surface area contributed by atoms with Gasteiger partial charge in [-0.15, -0.1) is 0 Å². The number of nitrogens with one attached hydrogen (secondary N) is 1. The van der Waals surface area contributed by atoms with E-state index in [0.29, 0.717) is 12.3 Å². The topological polar surface area (TPSA) is 41.6 Å². The van der Waals surface area contributed by atoms with Gasteiger partial charge >= 0.3 is 0 Å². The van der Waals surface area contributed by atoms with Gasteiger partial charge < -0.3 is 10.1 Å². The zero-order valence-corrected chi connectivity index (χ0v) is 13.9. The maximum absolute atomic E-state index is 12.7. The number of ether oxygens (including phenoxy) is 1. The lowest BCUT2D eigenvalue weighted by Crippen LogP contribution is -2.51. The maximum Gasteiger partial charge on any atom is 0.186 e. The Labute approximate surface area is 138 Å². The highest BCUT2D eigenvalue weighted by Crippen LogP contribution is 2.58. The molecule has 2 heterocycles. The van der Waals surface area contributed by atoms with Gasteiger partial charge in [-0.25, -0.2) is 0 Å². The van der Waals surface area contributed by atoms with Crippen molar-refractivity contribution in [2.45, 2.75) is 25.3 Å². The van der Waals surface area contributed by atoms with E-state index in [4.69, 9.17) is 4.74 Å². The van der Waals surface area contributed by atoms with Gasteiger partial charge in [0, 0.05) is 12.1 Å². The second kappa shape index (κ2) is 4.88. The minimum absolute atomic E-state index is 0.187. The van der Waals surface area contributed by atoms with E-state index in [1.807, 2.05) is 18.2 Å². The Morgan fingerprint density at radius 2 is 2.18 bits per heavy atom. The maximum atomic E-state index is 12.7. The molecule has 4 rings (SSSR count). The lowest BCUT2D eigenvalue weighted by Gasteiger charge is -2.39. The molecular formula is C17H17BrN2O2. The van der Waals surface area contributed by atoms with E-state index in [9.17, 15) is 4.79 Å². The molecule has 0 amide bonds. The Morgan fingerprint density at radius 1 is 1.36 bits per heavy atom. The highest BCUT2D eigenvalue weighted by molar-refractivity contribution is 9.07. The summed E-state index contributed by atoms with van der Waals surface area (Å²) in [5, 5.41) is 3.30. The zero-order valence-electron chi connectivity index (χ0n) is 12.3. The van der Waals surface area contributed by atoms with Crippen LogP contribution in [0.25, 0.3) is 0 Å². The second-order valence-corrected chi connectivity index (χ2v) is 6.57. The average molecular weight is 361 g/mol. The van der Waals surface area contributed by atoms with Gasteiger partial charge in [-0.05, 0) is 24.5 Å². The van der Waals surface area contributed by atoms with Crippen LogP contribution >= 0.6 is 16.1 Å². The molecule has 1 N–H and O–H groups in total. The Balaban J connectivity index is 1.94. The number of allylic oxidation sites excluding steroid dienone is 6. The molecule has 0 radical (unpaired) electrons. The van der Waals surface area contributed by atoms with Gasteiger partial charge in [0.1, 0.15) is 6.04 Å². The highest BCUT2D eigenvalue weighted by atomic mass is 79.9. The summed E-state index contributed by atoms with van der Waals surface area (Å²) in [4.78, 5) is 12.7. The Morgan fingerprint density at radius 3 is 3.00 bits per heavy atom. The smallest absolute Gasteiger partial charge is 0.186 e. The summed E-state index contributed by atoms with van der Waals surface area (Å²) in [6, 6.07) is -0.340. The summed E-state index contributed by atoms with van der Waals surface area (Å²) in [5.41, 5.74) is 3.02. The van der Waals surface area contributed by atoms with Gasteiger partial charge in [-0.2, -0.15) is 0 Å². The van der Waals surface area contributed by atoms with Crippen molar-refractivity contribution in [2.75, 3.05) is 7.11 Å². The van der Waals surface area contributed by atoms with E-state index in [2.05, 4.69) is 43.6 Å². The fraction of sp³-hybridized carbons (Fsp3) is 0.353. The molecule has 4 nitrogen and oxygen atoms in total. The predicted octanol–water partition coefficient (Wildman–Crippen LogP) is 3.07. The molecule has 4 aliphatic rings. The van der Waals surface area contributed by atoms with Crippen LogP contribution < -0.4 is 5.32 Å². The molecule has 1 fully saturated rings. The van der Waals surface area contributed by atoms with Gasteiger partial charge in [-0.1, -0.05) is 30.4 Å². The molecule has 0 aromatic heterocycles. The summed E-state index contributed by atoms with van der Waals surface area (Å²) in [6.45, 7) is 0. The summed E-state index contributed by atoms with van der Waals surface area (Å²) in [5.74, 6) is 0.814. The monoisotopic (exact) mass is 360 g/mol. The number of hydrogen-bond acceptors (Lipinski definition) is 4. The summed E-state index contributed by atoms with van der Waals surface area (Å²) >= 11 is 3.69. The van der Waals surface area contributed by atoms with E-state index < -0.39 is 5.41 Å². The van der Waals surface area contributed by atoms with Gasteiger partial charge in [0.05, 0.1) is 34.4 Å². The number of fused-ring (bicyclic) bond motifs is 1. The summed E-state index contributed by atoms with van der Waals surface area (Å²) in [7, 11) is 1.62. The molecule has 2 aliphatic carbocycles. The first-order chi connectivity index (χ1) is 10.7. The van der Waals surface area contributed by atoms with Crippen LogP contribution in [0.2, 0.25) is 0 Å². The lowest BCUT2D eigenvalue weighted by molar-refractivity contribution is -0.122. The first-order valence-corrected chi connectivity index (χ1v) is 8.20. The zero-order chi connectivity index (χ0) is 15.3. The Bertz CT molecular complexity index is 701. The quantitative estimate of drug-likeness (QED) is 0.729. The minimum Gasteiger partial charge on any atom is -0.483 e. The van der Waals surface area contributed by atoms with Crippen molar-refractivity contribution in [2.24, 2.45) is 5.41 Å². The van der Waals surface area contributed by atoms with Crippen LogP contribution in [0, 0.1) is 5.41 Å². The van der Waals surface area contributed by atoms with Crippen LogP contribution in [0.15, 0.2) is 59.3 Å². The molecule has 0 saturated carbocycles. The van der Waals surface area contributed by atoms with Gasteiger partial charge in [0.25, 0.3) is 0 Å². The first kappa shape index (κ1) is 13.9.